The maximum atomic E-state index is 5.49. The van der Waals surface area contributed by atoms with Gasteiger partial charge in [-0.25, -0.2) is 9.98 Å². The zero-order valence-electron chi connectivity index (χ0n) is 18.0. The van der Waals surface area contributed by atoms with Crippen LogP contribution < -0.4 is 15.4 Å². The molecule has 1 saturated heterocycles. The summed E-state index contributed by atoms with van der Waals surface area (Å²) in [4.78, 5) is 11.6. The van der Waals surface area contributed by atoms with E-state index in [-0.39, 0.29) is 24.0 Å². The van der Waals surface area contributed by atoms with E-state index in [4.69, 9.17) is 9.47 Å². The van der Waals surface area contributed by atoms with Crippen molar-refractivity contribution >= 4 is 29.9 Å². The van der Waals surface area contributed by atoms with Gasteiger partial charge in [-0.15, -0.1) is 24.0 Å². The molecule has 0 amide bonds. The number of aromatic nitrogens is 1. The number of hydrogen-bond donors (Lipinski definition) is 2. The third kappa shape index (κ3) is 11.6. The van der Waals surface area contributed by atoms with Crippen molar-refractivity contribution in [2.75, 3.05) is 53.0 Å². The van der Waals surface area contributed by atoms with E-state index >= 15 is 0 Å². The number of likely N-dealkylation sites (tertiary alicyclic amines) is 1. The van der Waals surface area contributed by atoms with Gasteiger partial charge in [0, 0.05) is 32.5 Å². The van der Waals surface area contributed by atoms with Crippen molar-refractivity contribution in [2.45, 2.75) is 45.6 Å². The summed E-state index contributed by atoms with van der Waals surface area (Å²) >= 11 is 0. The zero-order chi connectivity index (χ0) is 19.9. The minimum Gasteiger partial charge on any atom is -0.475 e. The van der Waals surface area contributed by atoms with Crippen LogP contribution in [0.4, 0.5) is 0 Å². The molecule has 0 unspecified atom stereocenters. The molecule has 0 bridgehead atoms. The molecule has 0 aliphatic carbocycles. The molecular formula is C21H38IN5O2. The fraction of sp³-hybridized carbons (Fsp3) is 0.714. The summed E-state index contributed by atoms with van der Waals surface area (Å²) in [7, 11) is 1.66. The SMILES string of the molecule is CCNC(=NCc1ccc(OCCOC)nc1)NCCCN1CCCCCC1.I. The van der Waals surface area contributed by atoms with E-state index in [0.29, 0.717) is 25.6 Å². The second kappa shape index (κ2) is 16.6. The van der Waals surface area contributed by atoms with Crippen LogP contribution in [0.15, 0.2) is 23.3 Å². The maximum absolute atomic E-state index is 5.49. The number of guanidine groups is 1. The van der Waals surface area contributed by atoms with Crippen LogP contribution in [0.3, 0.4) is 0 Å². The molecule has 1 aliphatic rings. The van der Waals surface area contributed by atoms with Crippen molar-refractivity contribution < 1.29 is 9.47 Å². The normalized spacial score (nSPS) is 15.3. The molecule has 2 N–H and O–H groups in total. The first-order valence-electron chi connectivity index (χ1n) is 10.6. The summed E-state index contributed by atoms with van der Waals surface area (Å²) in [5, 5.41) is 6.76. The highest BCUT2D eigenvalue weighted by atomic mass is 127. The third-order valence-electron chi connectivity index (χ3n) is 4.74. The van der Waals surface area contributed by atoms with Gasteiger partial charge in [0.05, 0.1) is 13.2 Å². The van der Waals surface area contributed by atoms with Gasteiger partial charge in [0.1, 0.15) is 6.61 Å². The van der Waals surface area contributed by atoms with E-state index in [9.17, 15) is 0 Å². The molecule has 0 atom stereocenters. The molecular weight excluding hydrogens is 481 g/mol. The number of aliphatic imine (C=N–C) groups is 1. The van der Waals surface area contributed by atoms with E-state index in [1.54, 1.807) is 7.11 Å². The van der Waals surface area contributed by atoms with Crippen molar-refractivity contribution in [3.63, 3.8) is 0 Å². The number of rotatable bonds is 11. The average Bonchev–Trinajstić information content (AvgIpc) is 2.99. The fourth-order valence-electron chi connectivity index (χ4n) is 3.20. The van der Waals surface area contributed by atoms with Crippen molar-refractivity contribution in [3.8, 4) is 5.88 Å². The van der Waals surface area contributed by atoms with Crippen LogP contribution in [0.2, 0.25) is 0 Å². The smallest absolute Gasteiger partial charge is 0.213 e. The Morgan fingerprint density at radius 2 is 1.93 bits per heavy atom. The molecule has 1 fully saturated rings. The highest BCUT2D eigenvalue weighted by Gasteiger charge is 2.08. The Hall–Kier alpha value is -1.13. The summed E-state index contributed by atoms with van der Waals surface area (Å²) in [5.74, 6) is 1.47. The van der Waals surface area contributed by atoms with Gasteiger partial charge in [-0.05, 0) is 51.4 Å². The van der Waals surface area contributed by atoms with Gasteiger partial charge < -0.3 is 25.0 Å². The number of ether oxygens (including phenoxy) is 2. The van der Waals surface area contributed by atoms with Crippen molar-refractivity contribution in [1.82, 2.24) is 20.5 Å². The lowest BCUT2D eigenvalue weighted by atomic mass is 10.2. The number of nitrogens with zero attached hydrogens (tertiary/aromatic N) is 3. The summed E-state index contributed by atoms with van der Waals surface area (Å²) in [6.07, 6.45) is 8.43. The molecule has 0 radical (unpaired) electrons. The molecule has 2 heterocycles. The Morgan fingerprint density at radius 1 is 1.14 bits per heavy atom. The van der Waals surface area contributed by atoms with Gasteiger partial charge in [-0.3, -0.25) is 0 Å². The van der Waals surface area contributed by atoms with Crippen LogP contribution in [0.25, 0.3) is 0 Å². The third-order valence-corrected chi connectivity index (χ3v) is 4.74. The number of halogens is 1. The van der Waals surface area contributed by atoms with Crippen molar-refractivity contribution in [2.24, 2.45) is 4.99 Å². The van der Waals surface area contributed by atoms with E-state index < -0.39 is 0 Å². The molecule has 166 valence electrons. The van der Waals surface area contributed by atoms with Gasteiger partial charge in [0.2, 0.25) is 5.88 Å². The highest BCUT2D eigenvalue weighted by molar-refractivity contribution is 14.0. The second-order valence-corrected chi connectivity index (χ2v) is 7.08. The standard InChI is InChI=1S/C21H37N5O2.HI/c1-3-22-21(23-11-8-14-26-12-6-4-5-7-13-26)25-18-19-9-10-20(24-17-19)28-16-15-27-2;/h9-10,17H,3-8,11-16,18H2,1-2H3,(H2,22,23,25);1H. The number of pyridine rings is 1. The largest absolute Gasteiger partial charge is 0.475 e. The van der Waals surface area contributed by atoms with E-state index in [0.717, 1.165) is 31.0 Å². The van der Waals surface area contributed by atoms with Crippen LogP contribution in [0.5, 0.6) is 5.88 Å². The minimum absolute atomic E-state index is 0. The van der Waals surface area contributed by atoms with E-state index in [2.05, 4.69) is 32.4 Å². The van der Waals surface area contributed by atoms with Gasteiger partial charge in [0.15, 0.2) is 5.96 Å². The number of hydrogen-bond acceptors (Lipinski definition) is 5. The van der Waals surface area contributed by atoms with Crippen LogP contribution in [-0.4, -0.2) is 68.9 Å². The maximum Gasteiger partial charge on any atom is 0.213 e. The summed E-state index contributed by atoms with van der Waals surface area (Å²) in [5.41, 5.74) is 1.06. The van der Waals surface area contributed by atoms with Gasteiger partial charge in [-0.1, -0.05) is 18.9 Å². The lowest BCUT2D eigenvalue weighted by Gasteiger charge is -2.20. The van der Waals surface area contributed by atoms with Gasteiger partial charge in [0.25, 0.3) is 0 Å². The molecule has 8 heteroatoms. The fourth-order valence-corrected chi connectivity index (χ4v) is 3.20. The van der Waals surface area contributed by atoms with Crippen LogP contribution in [0, 0.1) is 0 Å². The second-order valence-electron chi connectivity index (χ2n) is 7.08. The first-order chi connectivity index (χ1) is 13.8. The summed E-state index contributed by atoms with van der Waals surface area (Å²) in [6.45, 7) is 9.21. The predicted molar refractivity (Wildman–Crippen MR) is 129 cm³/mol. The zero-order valence-corrected chi connectivity index (χ0v) is 20.3. The van der Waals surface area contributed by atoms with E-state index in [1.165, 1.54) is 45.3 Å². The summed E-state index contributed by atoms with van der Waals surface area (Å²) in [6, 6.07) is 3.88. The van der Waals surface area contributed by atoms with E-state index in [1.807, 2.05) is 18.3 Å². The molecule has 1 aromatic rings. The minimum atomic E-state index is 0. The quantitative estimate of drug-likeness (QED) is 0.203. The first kappa shape index (κ1) is 25.9. The van der Waals surface area contributed by atoms with Crippen LogP contribution in [0.1, 0.15) is 44.6 Å². The Bertz CT molecular complexity index is 549. The van der Waals surface area contributed by atoms with Crippen LogP contribution in [-0.2, 0) is 11.3 Å². The lowest BCUT2D eigenvalue weighted by Crippen LogP contribution is -2.39. The molecule has 29 heavy (non-hydrogen) atoms. The molecule has 2 rings (SSSR count). The Labute approximate surface area is 193 Å². The topological polar surface area (TPSA) is 71.0 Å². The Kier molecular flexibility index (Phi) is 14.9. The van der Waals surface area contributed by atoms with Crippen molar-refractivity contribution in [1.29, 1.82) is 0 Å². The Balaban J connectivity index is 0.00000420. The average molecular weight is 519 g/mol. The monoisotopic (exact) mass is 519 g/mol. The molecule has 1 aliphatic heterocycles. The lowest BCUT2D eigenvalue weighted by molar-refractivity contribution is 0.143. The molecule has 7 nitrogen and oxygen atoms in total. The molecule has 1 aromatic heterocycles. The number of methoxy groups -OCH3 is 1. The molecule has 0 spiro atoms. The number of nitrogens with one attached hydrogen (secondary N) is 2. The Morgan fingerprint density at radius 3 is 2.59 bits per heavy atom. The predicted octanol–water partition coefficient (Wildman–Crippen LogP) is 3.05. The highest BCUT2D eigenvalue weighted by Crippen LogP contribution is 2.10. The molecule has 0 saturated carbocycles. The van der Waals surface area contributed by atoms with Gasteiger partial charge >= 0.3 is 0 Å². The van der Waals surface area contributed by atoms with Crippen molar-refractivity contribution in [3.05, 3.63) is 23.9 Å². The summed E-state index contributed by atoms with van der Waals surface area (Å²) < 4.78 is 10.5. The van der Waals surface area contributed by atoms with Crippen LogP contribution >= 0.6 is 24.0 Å². The molecule has 0 aromatic carbocycles. The van der Waals surface area contributed by atoms with Gasteiger partial charge in [-0.2, -0.15) is 0 Å². The first-order valence-corrected chi connectivity index (χ1v) is 10.6.